The Labute approximate surface area is 123 Å². The summed E-state index contributed by atoms with van der Waals surface area (Å²) in [6, 6.07) is 3.48. The second kappa shape index (κ2) is 6.58. The third-order valence-electron chi connectivity index (χ3n) is 4.29. The quantitative estimate of drug-likeness (QED) is 0.775. The van der Waals surface area contributed by atoms with Crippen LogP contribution < -0.4 is 11.1 Å². The van der Waals surface area contributed by atoms with Gasteiger partial charge in [-0.2, -0.15) is 13.2 Å². The Hall–Kier alpha value is -1.39. The van der Waals surface area contributed by atoms with Gasteiger partial charge in [-0.3, -0.25) is 0 Å². The molecule has 2 atom stereocenters. The number of nitrogens with one attached hydrogen (secondary N) is 1. The topological polar surface area (TPSA) is 38.0 Å². The number of hydrogen-bond acceptors (Lipinski definition) is 2. The number of alkyl halides is 3. The van der Waals surface area contributed by atoms with Crippen molar-refractivity contribution in [3.05, 3.63) is 23.8 Å². The minimum Gasteiger partial charge on any atom is -0.397 e. The molecule has 5 heteroatoms. The summed E-state index contributed by atoms with van der Waals surface area (Å²) in [5.74, 6) is 1.51. The number of nitrogen functional groups attached to an aromatic ring is 1. The van der Waals surface area contributed by atoms with E-state index in [-0.39, 0.29) is 5.69 Å². The molecule has 0 aliphatic heterocycles. The first-order chi connectivity index (χ1) is 9.86. The SMILES string of the molecule is CC1CCCC(CCNc2ccc(C(F)(F)F)cc2N)C1. The van der Waals surface area contributed by atoms with Gasteiger partial charge in [-0.15, -0.1) is 0 Å². The number of benzene rings is 1. The largest absolute Gasteiger partial charge is 0.416 e. The van der Waals surface area contributed by atoms with Crippen LogP contribution in [0.3, 0.4) is 0 Å². The highest BCUT2D eigenvalue weighted by Gasteiger charge is 2.30. The Morgan fingerprint density at radius 2 is 2.05 bits per heavy atom. The second-order valence-electron chi connectivity index (χ2n) is 6.15. The molecule has 0 heterocycles. The van der Waals surface area contributed by atoms with E-state index in [0.29, 0.717) is 5.69 Å². The fourth-order valence-corrected chi connectivity index (χ4v) is 3.13. The zero-order valence-corrected chi connectivity index (χ0v) is 12.3. The van der Waals surface area contributed by atoms with E-state index >= 15 is 0 Å². The van der Waals surface area contributed by atoms with Gasteiger partial charge in [-0.1, -0.05) is 26.2 Å². The van der Waals surface area contributed by atoms with E-state index in [2.05, 4.69) is 12.2 Å². The maximum absolute atomic E-state index is 12.6. The average molecular weight is 300 g/mol. The summed E-state index contributed by atoms with van der Waals surface area (Å²) in [5.41, 5.74) is 5.74. The minimum atomic E-state index is -4.34. The van der Waals surface area contributed by atoms with Crippen molar-refractivity contribution < 1.29 is 13.2 Å². The average Bonchev–Trinajstić information content (AvgIpc) is 2.39. The van der Waals surface area contributed by atoms with Gasteiger partial charge in [0.1, 0.15) is 0 Å². The predicted octanol–water partition coefficient (Wildman–Crippen LogP) is 4.92. The van der Waals surface area contributed by atoms with Crippen molar-refractivity contribution in [1.82, 2.24) is 0 Å². The lowest BCUT2D eigenvalue weighted by Crippen LogP contribution is -2.17. The van der Waals surface area contributed by atoms with Crippen LogP contribution in [-0.4, -0.2) is 6.54 Å². The molecular weight excluding hydrogens is 277 g/mol. The molecule has 21 heavy (non-hydrogen) atoms. The summed E-state index contributed by atoms with van der Waals surface area (Å²) in [6.07, 6.45) is 1.82. The highest BCUT2D eigenvalue weighted by atomic mass is 19.4. The summed E-state index contributed by atoms with van der Waals surface area (Å²) < 4.78 is 37.7. The van der Waals surface area contributed by atoms with E-state index in [1.54, 1.807) is 0 Å². The van der Waals surface area contributed by atoms with Gasteiger partial charge in [0.05, 0.1) is 16.9 Å². The smallest absolute Gasteiger partial charge is 0.397 e. The standard InChI is InChI=1S/C16H23F3N2/c1-11-3-2-4-12(9-11)7-8-21-15-6-5-13(10-14(15)20)16(17,18)19/h5-6,10-12,21H,2-4,7-9,20H2,1H3. The van der Waals surface area contributed by atoms with Crippen LogP contribution in [0.5, 0.6) is 0 Å². The fourth-order valence-electron chi connectivity index (χ4n) is 3.13. The molecule has 0 radical (unpaired) electrons. The number of rotatable bonds is 4. The third kappa shape index (κ3) is 4.55. The molecule has 1 aliphatic rings. The zero-order chi connectivity index (χ0) is 15.5. The molecule has 118 valence electrons. The molecule has 2 rings (SSSR count). The fraction of sp³-hybridized carbons (Fsp3) is 0.625. The van der Waals surface area contributed by atoms with E-state index in [9.17, 15) is 13.2 Å². The molecule has 1 fully saturated rings. The van der Waals surface area contributed by atoms with Crippen molar-refractivity contribution in [2.75, 3.05) is 17.6 Å². The van der Waals surface area contributed by atoms with Gasteiger partial charge in [0.25, 0.3) is 0 Å². The van der Waals surface area contributed by atoms with Crippen molar-refractivity contribution in [2.24, 2.45) is 11.8 Å². The first-order valence-corrected chi connectivity index (χ1v) is 7.57. The Morgan fingerprint density at radius 3 is 2.67 bits per heavy atom. The van der Waals surface area contributed by atoms with Crippen LogP contribution in [0.1, 0.15) is 44.6 Å². The van der Waals surface area contributed by atoms with Crippen molar-refractivity contribution in [3.63, 3.8) is 0 Å². The molecule has 1 aromatic carbocycles. The predicted molar refractivity (Wildman–Crippen MR) is 80.1 cm³/mol. The number of halogens is 3. The number of anilines is 2. The molecule has 0 bridgehead atoms. The molecule has 0 aromatic heterocycles. The molecule has 3 N–H and O–H groups in total. The van der Waals surface area contributed by atoms with E-state index in [4.69, 9.17) is 5.73 Å². The molecule has 0 saturated heterocycles. The Bertz CT molecular complexity index is 471. The number of nitrogens with two attached hydrogens (primary N) is 1. The van der Waals surface area contributed by atoms with Gasteiger partial charge >= 0.3 is 6.18 Å². The summed E-state index contributed by atoms with van der Waals surface area (Å²) in [4.78, 5) is 0. The Kier molecular flexibility index (Phi) is 5.01. The molecule has 1 saturated carbocycles. The van der Waals surface area contributed by atoms with Gasteiger partial charge < -0.3 is 11.1 Å². The van der Waals surface area contributed by atoms with Crippen LogP contribution in [0.15, 0.2) is 18.2 Å². The Balaban J connectivity index is 1.86. The van der Waals surface area contributed by atoms with Crippen molar-refractivity contribution >= 4 is 11.4 Å². The monoisotopic (exact) mass is 300 g/mol. The summed E-state index contributed by atoms with van der Waals surface area (Å²) in [5, 5.41) is 3.16. The molecule has 0 spiro atoms. The van der Waals surface area contributed by atoms with E-state index in [1.807, 2.05) is 0 Å². The summed E-state index contributed by atoms with van der Waals surface area (Å²) in [6.45, 7) is 3.04. The lowest BCUT2D eigenvalue weighted by Gasteiger charge is -2.26. The zero-order valence-electron chi connectivity index (χ0n) is 12.3. The van der Waals surface area contributed by atoms with Gasteiger partial charge in [-0.05, 0) is 42.9 Å². The molecule has 1 aliphatic carbocycles. The lowest BCUT2D eigenvalue weighted by atomic mass is 9.81. The van der Waals surface area contributed by atoms with Crippen LogP contribution in [0.4, 0.5) is 24.5 Å². The van der Waals surface area contributed by atoms with Crippen LogP contribution >= 0.6 is 0 Å². The number of hydrogen-bond donors (Lipinski definition) is 2. The van der Waals surface area contributed by atoms with Crippen LogP contribution in [0.2, 0.25) is 0 Å². The normalized spacial score (nSPS) is 23.0. The molecule has 0 amide bonds. The lowest BCUT2D eigenvalue weighted by molar-refractivity contribution is -0.137. The first kappa shape index (κ1) is 16.0. The minimum absolute atomic E-state index is 0.154. The van der Waals surface area contributed by atoms with Gasteiger partial charge in [0, 0.05) is 6.54 Å². The summed E-state index contributed by atoms with van der Waals surface area (Å²) in [7, 11) is 0. The van der Waals surface area contributed by atoms with Gasteiger partial charge in [0.2, 0.25) is 0 Å². The third-order valence-corrected chi connectivity index (χ3v) is 4.29. The summed E-state index contributed by atoms with van der Waals surface area (Å²) >= 11 is 0. The van der Waals surface area contributed by atoms with Crippen LogP contribution in [0.25, 0.3) is 0 Å². The molecule has 2 unspecified atom stereocenters. The van der Waals surface area contributed by atoms with Crippen molar-refractivity contribution in [2.45, 2.75) is 45.2 Å². The Morgan fingerprint density at radius 1 is 1.29 bits per heavy atom. The molecular formula is C16H23F3N2. The van der Waals surface area contributed by atoms with Crippen molar-refractivity contribution in [1.29, 1.82) is 0 Å². The van der Waals surface area contributed by atoms with Crippen LogP contribution in [-0.2, 0) is 6.18 Å². The van der Waals surface area contributed by atoms with Gasteiger partial charge in [0.15, 0.2) is 0 Å². The van der Waals surface area contributed by atoms with E-state index < -0.39 is 11.7 Å². The van der Waals surface area contributed by atoms with E-state index in [1.165, 1.54) is 31.7 Å². The maximum Gasteiger partial charge on any atom is 0.416 e. The molecule has 1 aromatic rings. The van der Waals surface area contributed by atoms with E-state index in [0.717, 1.165) is 36.9 Å². The second-order valence-corrected chi connectivity index (χ2v) is 6.15. The van der Waals surface area contributed by atoms with Crippen molar-refractivity contribution in [3.8, 4) is 0 Å². The highest BCUT2D eigenvalue weighted by molar-refractivity contribution is 5.67. The van der Waals surface area contributed by atoms with Gasteiger partial charge in [-0.25, -0.2) is 0 Å². The maximum atomic E-state index is 12.6. The molecule has 2 nitrogen and oxygen atoms in total. The highest BCUT2D eigenvalue weighted by Crippen LogP contribution is 2.33. The first-order valence-electron chi connectivity index (χ1n) is 7.57. The van der Waals surface area contributed by atoms with Crippen LogP contribution in [0, 0.1) is 11.8 Å².